The van der Waals surface area contributed by atoms with Crippen LogP contribution in [0.15, 0.2) is 24.3 Å². The van der Waals surface area contributed by atoms with Gasteiger partial charge in [-0.25, -0.2) is 6.08 Å². The third kappa shape index (κ3) is 2.71. The van der Waals surface area contributed by atoms with Crippen LogP contribution in [0.1, 0.15) is 0 Å². The standard InChI is InChI=1S/C7H7O3.Na/c8-6-4-2-1-3-5(6)7(9)10;/h1-5,8H,(H,9,10);/q-1;+1. The Morgan fingerprint density at radius 1 is 1.45 bits per heavy atom. The van der Waals surface area contributed by atoms with Gasteiger partial charge in [0.05, 0.1) is 5.92 Å². The van der Waals surface area contributed by atoms with Crippen LogP contribution in [0.4, 0.5) is 0 Å². The van der Waals surface area contributed by atoms with Gasteiger partial charge in [-0.15, -0.1) is 6.08 Å². The van der Waals surface area contributed by atoms with Gasteiger partial charge in [0.15, 0.2) is 0 Å². The third-order valence-corrected chi connectivity index (χ3v) is 1.27. The molecule has 2 N–H and O–H groups in total. The van der Waals surface area contributed by atoms with Crippen LogP contribution in [0.5, 0.6) is 0 Å². The van der Waals surface area contributed by atoms with E-state index in [1.54, 1.807) is 12.2 Å². The van der Waals surface area contributed by atoms with Gasteiger partial charge in [-0.05, 0) is 0 Å². The second-order valence-corrected chi connectivity index (χ2v) is 1.98. The van der Waals surface area contributed by atoms with Crippen molar-refractivity contribution < 1.29 is 44.6 Å². The van der Waals surface area contributed by atoms with Gasteiger partial charge in [0.1, 0.15) is 0 Å². The van der Waals surface area contributed by atoms with Gasteiger partial charge in [-0.1, -0.05) is 12.2 Å². The molecular weight excluding hydrogens is 155 g/mol. The number of carboxylic acids is 1. The van der Waals surface area contributed by atoms with Gasteiger partial charge in [0, 0.05) is 0 Å². The first-order valence-electron chi connectivity index (χ1n) is 2.85. The van der Waals surface area contributed by atoms with E-state index in [1.165, 1.54) is 12.2 Å². The second kappa shape index (κ2) is 4.62. The molecule has 11 heavy (non-hydrogen) atoms. The summed E-state index contributed by atoms with van der Waals surface area (Å²) in [5, 5.41) is 17.4. The number of aliphatic carboxylic acids is 1. The molecule has 0 aromatic rings. The molecule has 0 saturated heterocycles. The predicted octanol–water partition coefficient (Wildman–Crippen LogP) is -2.28. The van der Waals surface area contributed by atoms with Crippen molar-refractivity contribution in [3.05, 3.63) is 30.4 Å². The minimum atomic E-state index is -1.03. The fourth-order valence-corrected chi connectivity index (χ4v) is 0.740. The molecule has 1 aliphatic rings. The molecule has 1 unspecified atom stereocenters. The number of aliphatic hydroxyl groups excluding tert-OH is 1. The van der Waals surface area contributed by atoms with Crippen LogP contribution in [-0.4, -0.2) is 16.2 Å². The van der Waals surface area contributed by atoms with Gasteiger partial charge < -0.3 is 10.2 Å². The van der Waals surface area contributed by atoms with Gasteiger partial charge in [0.25, 0.3) is 5.97 Å². The summed E-state index contributed by atoms with van der Waals surface area (Å²) in [4.78, 5) is 10.3. The van der Waals surface area contributed by atoms with Crippen LogP contribution in [0.25, 0.3) is 0 Å². The fourth-order valence-electron chi connectivity index (χ4n) is 0.740. The summed E-state index contributed by atoms with van der Waals surface area (Å²) in [7, 11) is 0. The van der Waals surface area contributed by atoms with Crippen LogP contribution in [0.2, 0.25) is 0 Å². The fraction of sp³-hybridized carbons (Fsp3) is 0.143. The van der Waals surface area contributed by atoms with E-state index in [0.717, 1.165) is 0 Å². The Morgan fingerprint density at radius 2 is 2.09 bits per heavy atom. The van der Waals surface area contributed by atoms with E-state index in [0.29, 0.717) is 0 Å². The first kappa shape index (κ1) is 10.8. The van der Waals surface area contributed by atoms with E-state index in [-0.39, 0.29) is 35.7 Å². The van der Waals surface area contributed by atoms with Crippen molar-refractivity contribution in [3.63, 3.8) is 0 Å². The van der Waals surface area contributed by atoms with Crippen molar-refractivity contribution in [2.24, 2.45) is 5.92 Å². The van der Waals surface area contributed by atoms with E-state index in [4.69, 9.17) is 10.2 Å². The minimum Gasteiger partial charge on any atom is -0.482 e. The average molecular weight is 162 g/mol. The molecule has 0 bridgehead atoms. The first-order chi connectivity index (χ1) is 4.72. The molecule has 0 aromatic carbocycles. The van der Waals surface area contributed by atoms with Crippen molar-refractivity contribution >= 4 is 5.97 Å². The van der Waals surface area contributed by atoms with Crippen molar-refractivity contribution in [2.45, 2.75) is 0 Å². The molecule has 54 valence electrons. The van der Waals surface area contributed by atoms with Crippen molar-refractivity contribution in [3.8, 4) is 0 Å². The molecule has 1 atom stereocenters. The molecule has 0 saturated carbocycles. The molecule has 0 radical (unpaired) electrons. The number of carboxylic acid groups (broad SMARTS) is 1. The normalized spacial score (nSPS) is 21.2. The van der Waals surface area contributed by atoms with Crippen LogP contribution >= 0.6 is 0 Å². The molecule has 0 heterocycles. The molecular formula is C7H7NaO3. The summed E-state index contributed by atoms with van der Waals surface area (Å²) < 4.78 is 0. The summed E-state index contributed by atoms with van der Waals surface area (Å²) >= 11 is 0. The molecule has 0 aliphatic heterocycles. The van der Waals surface area contributed by atoms with E-state index < -0.39 is 11.9 Å². The van der Waals surface area contributed by atoms with Crippen molar-refractivity contribution in [1.82, 2.24) is 0 Å². The maximum absolute atomic E-state index is 10.3. The van der Waals surface area contributed by atoms with Gasteiger partial charge in [0.2, 0.25) is 0 Å². The molecule has 3 nitrogen and oxygen atoms in total. The quantitative estimate of drug-likeness (QED) is 0.337. The van der Waals surface area contributed by atoms with Crippen molar-refractivity contribution in [2.75, 3.05) is 0 Å². The molecule has 0 aromatic heterocycles. The molecule has 0 spiro atoms. The van der Waals surface area contributed by atoms with Gasteiger partial charge in [-0.2, -0.15) is 6.08 Å². The summed E-state index contributed by atoms with van der Waals surface area (Å²) in [5.74, 6) is -1.89. The molecule has 1 rings (SSSR count). The Bertz CT molecular complexity index is 198. The number of allylic oxidation sites excluding steroid dienone is 2. The Balaban J connectivity index is 0.000001000. The van der Waals surface area contributed by atoms with Crippen LogP contribution in [0.3, 0.4) is 0 Å². The zero-order valence-corrected chi connectivity index (χ0v) is 8.19. The summed E-state index contributed by atoms with van der Waals surface area (Å²) in [6.45, 7) is 0. The number of rotatable bonds is 1. The van der Waals surface area contributed by atoms with E-state index in [9.17, 15) is 4.79 Å². The SMILES string of the molecule is O=C(O)C1C=CC=C[C-]1O.[Na+]. The summed E-state index contributed by atoms with van der Waals surface area (Å²) in [6.07, 6.45) is 5.87. The van der Waals surface area contributed by atoms with E-state index in [2.05, 4.69) is 0 Å². The monoisotopic (exact) mass is 162 g/mol. The molecule has 0 amide bonds. The molecule has 0 fully saturated rings. The zero-order chi connectivity index (χ0) is 7.56. The smallest absolute Gasteiger partial charge is 0.482 e. The second-order valence-electron chi connectivity index (χ2n) is 1.98. The van der Waals surface area contributed by atoms with Gasteiger partial charge >= 0.3 is 29.6 Å². The summed E-state index contributed by atoms with van der Waals surface area (Å²) in [6, 6.07) is 0. The van der Waals surface area contributed by atoms with E-state index in [1.807, 2.05) is 0 Å². The number of carbonyl (C=O) groups is 1. The van der Waals surface area contributed by atoms with Crippen LogP contribution < -0.4 is 29.6 Å². The molecule has 1 aliphatic carbocycles. The number of hydrogen-bond acceptors (Lipinski definition) is 2. The Morgan fingerprint density at radius 3 is 2.45 bits per heavy atom. The Hall–Kier alpha value is -0.220. The van der Waals surface area contributed by atoms with E-state index >= 15 is 0 Å². The topological polar surface area (TPSA) is 57.5 Å². The zero-order valence-electron chi connectivity index (χ0n) is 6.19. The maximum Gasteiger partial charge on any atom is 1.00 e. The largest absolute Gasteiger partial charge is 1.00 e. The number of aliphatic hydroxyl groups is 1. The predicted molar refractivity (Wildman–Crippen MR) is 34.6 cm³/mol. The Kier molecular flexibility index (Phi) is 4.52. The van der Waals surface area contributed by atoms with Crippen LogP contribution in [-0.2, 0) is 4.79 Å². The Labute approximate surface area is 86.7 Å². The summed E-state index contributed by atoms with van der Waals surface area (Å²) in [5.41, 5.74) is 0. The minimum absolute atomic E-state index is 0. The average Bonchev–Trinajstić information content (AvgIpc) is 1.88. The maximum atomic E-state index is 10.3. The number of hydrogen-bond donors (Lipinski definition) is 2. The first-order valence-corrected chi connectivity index (χ1v) is 2.85. The van der Waals surface area contributed by atoms with Crippen molar-refractivity contribution in [1.29, 1.82) is 0 Å². The van der Waals surface area contributed by atoms with Gasteiger partial charge in [-0.3, -0.25) is 4.79 Å². The molecule has 4 heteroatoms. The third-order valence-electron chi connectivity index (χ3n) is 1.27. The van der Waals surface area contributed by atoms with Crippen LogP contribution in [0, 0.1) is 12.0 Å².